The van der Waals surface area contributed by atoms with Gasteiger partial charge < -0.3 is 13.9 Å². The van der Waals surface area contributed by atoms with Crippen molar-refractivity contribution in [1.82, 2.24) is 5.06 Å². The van der Waals surface area contributed by atoms with Gasteiger partial charge in [-0.25, -0.2) is 4.79 Å². The zero-order valence-electron chi connectivity index (χ0n) is 13.3. The van der Waals surface area contributed by atoms with Gasteiger partial charge in [0.05, 0.1) is 19.3 Å². The molecule has 1 aliphatic heterocycles. The number of carbonyl (C=O) groups excluding carboxylic acids is 1. The first-order chi connectivity index (χ1) is 10.4. The van der Waals surface area contributed by atoms with Crippen LogP contribution < -0.4 is 0 Å². The van der Waals surface area contributed by atoms with Crippen LogP contribution in [0.4, 0.5) is 0 Å². The second-order valence-corrected chi connectivity index (χ2v) is 7.28. The van der Waals surface area contributed by atoms with E-state index in [9.17, 15) is 9.36 Å². The number of nitrogens with zero attached hydrogens (tertiary/aromatic N) is 1. The van der Waals surface area contributed by atoms with Gasteiger partial charge in [-0.15, -0.1) is 5.06 Å². The summed E-state index contributed by atoms with van der Waals surface area (Å²) in [6.45, 7) is 5.82. The Hall–Kier alpha value is -1.20. The maximum atomic E-state index is 13.1. The third kappa shape index (κ3) is 3.25. The van der Waals surface area contributed by atoms with Gasteiger partial charge in [-0.05, 0) is 26.3 Å². The molecule has 1 heterocycles. The van der Waals surface area contributed by atoms with Gasteiger partial charge in [-0.1, -0.05) is 29.8 Å². The molecule has 1 fully saturated rings. The summed E-state index contributed by atoms with van der Waals surface area (Å²) >= 11 is 0. The zero-order valence-corrected chi connectivity index (χ0v) is 14.2. The van der Waals surface area contributed by atoms with Crippen molar-refractivity contribution in [2.45, 2.75) is 32.5 Å². The van der Waals surface area contributed by atoms with Gasteiger partial charge in [0.2, 0.25) is 0 Å². The van der Waals surface area contributed by atoms with E-state index in [1.54, 1.807) is 20.9 Å². The SMILES string of the molecule is CCOP(=O)(OCC)[C@H]1C(=O)ON(C)[C@@H]1c1ccc(C)cc1. The number of aryl methyl sites for hydroxylation is 1. The molecule has 0 aliphatic carbocycles. The van der Waals surface area contributed by atoms with Crippen molar-refractivity contribution in [3.8, 4) is 0 Å². The number of carbonyl (C=O) groups is 1. The Morgan fingerprint density at radius 2 is 1.73 bits per heavy atom. The third-order valence-corrected chi connectivity index (χ3v) is 5.95. The minimum Gasteiger partial charge on any atom is -0.367 e. The average molecular weight is 327 g/mol. The van der Waals surface area contributed by atoms with Crippen molar-refractivity contribution in [3.05, 3.63) is 35.4 Å². The molecule has 2 atom stereocenters. The first kappa shape index (κ1) is 17.2. The van der Waals surface area contributed by atoms with E-state index in [0.29, 0.717) is 0 Å². The summed E-state index contributed by atoms with van der Waals surface area (Å²) in [4.78, 5) is 17.4. The maximum absolute atomic E-state index is 13.1. The largest absolute Gasteiger partial charge is 0.367 e. The number of rotatable bonds is 6. The summed E-state index contributed by atoms with van der Waals surface area (Å²) in [5.74, 6) is -0.585. The lowest BCUT2D eigenvalue weighted by Gasteiger charge is -2.26. The predicted octanol–water partition coefficient (Wildman–Crippen LogP) is 3.07. The highest BCUT2D eigenvalue weighted by Gasteiger charge is 2.55. The van der Waals surface area contributed by atoms with Crippen molar-refractivity contribution in [2.75, 3.05) is 20.3 Å². The van der Waals surface area contributed by atoms with Crippen LogP contribution in [0.25, 0.3) is 0 Å². The lowest BCUT2D eigenvalue weighted by Crippen LogP contribution is -2.27. The molecule has 0 amide bonds. The summed E-state index contributed by atoms with van der Waals surface area (Å²) in [7, 11) is -1.97. The van der Waals surface area contributed by atoms with Gasteiger partial charge in [0.1, 0.15) is 0 Å². The first-order valence-corrected chi connectivity index (χ1v) is 8.94. The standard InChI is InChI=1S/C15H22NO5P/c1-5-19-22(18,20-6-2)14-13(16(4)21-15(14)17)12-9-7-11(3)8-10-12/h7-10,13-14H,5-6H2,1-4H3/t13-,14-/m1/s1. The predicted molar refractivity (Wildman–Crippen MR) is 82.4 cm³/mol. The normalized spacial score (nSPS) is 22.8. The minimum absolute atomic E-state index is 0.200. The Labute approximate surface area is 130 Å². The lowest BCUT2D eigenvalue weighted by molar-refractivity contribution is -0.169. The van der Waals surface area contributed by atoms with Gasteiger partial charge in [-0.3, -0.25) is 4.57 Å². The van der Waals surface area contributed by atoms with Crippen LogP contribution in [0.2, 0.25) is 0 Å². The van der Waals surface area contributed by atoms with E-state index in [1.165, 1.54) is 5.06 Å². The van der Waals surface area contributed by atoms with E-state index in [-0.39, 0.29) is 13.2 Å². The highest BCUT2D eigenvalue weighted by molar-refractivity contribution is 7.55. The van der Waals surface area contributed by atoms with Crippen LogP contribution in [-0.2, 0) is 23.2 Å². The van der Waals surface area contributed by atoms with Crippen LogP contribution in [0.15, 0.2) is 24.3 Å². The molecule has 0 bridgehead atoms. The maximum Gasteiger partial charge on any atom is 0.347 e. The molecule has 22 heavy (non-hydrogen) atoms. The summed E-state index contributed by atoms with van der Waals surface area (Å²) in [5.41, 5.74) is 0.953. The summed E-state index contributed by atoms with van der Waals surface area (Å²) < 4.78 is 23.8. The molecule has 1 aromatic carbocycles. The molecule has 1 aliphatic rings. The van der Waals surface area contributed by atoms with Gasteiger partial charge >= 0.3 is 13.6 Å². The third-order valence-electron chi connectivity index (χ3n) is 3.54. The van der Waals surface area contributed by atoms with Crippen molar-refractivity contribution in [1.29, 1.82) is 0 Å². The summed E-state index contributed by atoms with van der Waals surface area (Å²) in [5, 5.41) is 1.42. The first-order valence-electron chi connectivity index (χ1n) is 7.33. The molecule has 2 rings (SSSR count). The van der Waals surface area contributed by atoms with Crippen LogP contribution >= 0.6 is 7.60 Å². The number of hydrogen-bond donors (Lipinski definition) is 0. The van der Waals surface area contributed by atoms with E-state index < -0.39 is 25.3 Å². The molecule has 1 aromatic rings. The van der Waals surface area contributed by atoms with E-state index in [2.05, 4.69) is 0 Å². The molecular formula is C15H22NO5P. The second kappa shape index (κ2) is 6.92. The highest BCUT2D eigenvalue weighted by atomic mass is 31.2. The molecule has 1 saturated heterocycles. The molecule has 0 unspecified atom stereocenters. The molecule has 7 heteroatoms. The Morgan fingerprint density at radius 1 is 1.18 bits per heavy atom. The Morgan fingerprint density at radius 3 is 2.23 bits per heavy atom. The van der Waals surface area contributed by atoms with Gasteiger partial charge in [0.15, 0.2) is 5.66 Å². The molecule has 0 saturated carbocycles. The van der Waals surface area contributed by atoms with Gasteiger partial charge in [-0.2, -0.15) is 0 Å². The topological polar surface area (TPSA) is 65.1 Å². The van der Waals surface area contributed by atoms with Crippen LogP contribution in [0, 0.1) is 6.92 Å². The van der Waals surface area contributed by atoms with Gasteiger partial charge in [0.25, 0.3) is 0 Å². The summed E-state index contributed by atoms with van der Waals surface area (Å²) in [6.07, 6.45) is 0. The van der Waals surface area contributed by atoms with Crippen LogP contribution in [0.3, 0.4) is 0 Å². The highest BCUT2D eigenvalue weighted by Crippen LogP contribution is 2.60. The van der Waals surface area contributed by atoms with Crippen molar-refractivity contribution in [2.24, 2.45) is 0 Å². The van der Waals surface area contributed by atoms with E-state index in [0.717, 1.165) is 11.1 Å². The van der Waals surface area contributed by atoms with Gasteiger partial charge in [0, 0.05) is 7.05 Å². The Bertz CT molecular complexity index is 564. The van der Waals surface area contributed by atoms with E-state index in [4.69, 9.17) is 13.9 Å². The van der Waals surface area contributed by atoms with E-state index in [1.807, 2.05) is 31.2 Å². The summed E-state index contributed by atoms with van der Waals surface area (Å²) in [6, 6.07) is 7.17. The fourth-order valence-electron chi connectivity index (χ4n) is 2.60. The monoisotopic (exact) mass is 327 g/mol. The number of benzene rings is 1. The van der Waals surface area contributed by atoms with Crippen molar-refractivity contribution >= 4 is 13.6 Å². The number of hydrogen-bond acceptors (Lipinski definition) is 6. The second-order valence-electron chi connectivity index (χ2n) is 5.13. The molecule has 0 aromatic heterocycles. The fourth-order valence-corrected chi connectivity index (χ4v) is 4.72. The fraction of sp³-hybridized carbons (Fsp3) is 0.533. The Kier molecular flexibility index (Phi) is 5.40. The quantitative estimate of drug-likeness (QED) is 0.748. The smallest absolute Gasteiger partial charge is 0.347 e. The van der Waals surface area contributed by atoms with Crippen molar-refractivity contribution in [3.63, 3.8) is 0 Å². The molecule has 0 N–H and O–H groups in total. The Balaban J connectivity index is 2.43. The van der Waals surface area contributed by atoms with Crippen LogP contribution in [0.5, 0.6) is 0 Å². The molecule has 122 valence electrons. The minimum atomic E-state index is -3.61. The molecule has 6 nitrogen and oxygen atoms in total. The average Bonchev–Trinajstić information content (AvgIpc) is 2.75. The number of hydroxylamine groups is 2. The molecule has 0 spiro atoms. The van der Waals surface area contributed by atoms with Crippen LogP contribution in [-0.4, -0.2) is 37.0 Å². The van der Waals surface area contributed by atoms with Crippen molar-refractivity contribution < 1.29 is 23.2 Å². The lowest BCUT2D eigenvalue weighted by atomic mass is 10.0. The van der Waals surface area contributed by atoms with E-state index >= 15 is 0 Å². The van der Waals surface area contributed by atoms with Crippen LogP contribution in [0.1, 0.15) is 31.0 Å². The molecular weight excluding hydrogens is 305 g/mol. The zero-order chi connectivity index (χ0) is 16.3. The molecule has 0 radical (unpaired) electrons.